The summed E-state index contributed by atoms with van der Waals surface area (Å²) in [5.41, 5.74) is 6.60. The van der Waals surface area contributed by atoms with Crippen molar-refractivity contribution in [3.63, 3.8) is 0 Å². The summed E-state index contributed by atoms with van der Waals surface area (Å²) in [7, 11) is 0. The SMILES string of the molecule is CC(C)(CN)c1ccc(Cl)cc1Cl. The fourth-order valence-electron chi connectivity index (χ4n) is 1.15. The summed E-state index contributed by atoms with van der Waals surface area (Å²) < 4.78 is 0. The van der Waals surface area contributed by atoms with Gasteiger partial charge in [-0.25, -0.2) is 0 Å². The molecule has 3 heteroatoms. The third-order valence-electron chi connectivity index (χ3n) is 2.17. The minimum Gasteiger partial charge on any atom is -0.330 e. The lowest BCUT2D eigenvalue weighted by Crippen LogP contribution is -2.28. The highest BCUT2D eigenvalue weighted by atomic mass is 35.5. The first-order chi connectivity index (χ1) is 5.97. The van der Waals surface area contributed by atoms with Gasteiger partial charge in [0.15, 0.2) is 0 Å². The largest absolute Gasteiger partial charge is 0.330 e. The van der Waals surface area contributed by atoms with E-state index in [0.29, 0.717) is 16.6 Å². The zero-order chi connectivity index (χ0) is 10.1. The Morgan fingerprint density at radius 2 is 1.92 bits per heavy atom. The van der Waals surface area contributed by atoms with E-state index in [2.05, 4.69) is 13.8 Å². The van der Waals surface area contributed by atoms with Crippen LogP contribution in [0.2, 0.25) is 10.0 Å². The van der Waals surface area contributed by atoms with Crippen LogP contribution in [0.15, 0.2) is 18.2 Å². The second-order valence-electron chi connectivity index (χ2n) is 3.71. The molecule has 0 amide bonds. The van der Waals surface area contributed by atoms with Crippen LogP contribution in [0.25, 0.3) is 0 Å². The second kappa shape index (κ2) is 3.87. The van der Waals surface area contributed by atoms with E-state index in [1.165, 1.54) is 0 Å². The normalized spacial score (nSPS) is 11.8. The van der Waals surface area contributed by atoms with Crippen LogP contribution in [0, 0.1) is 0 Å². The zero-order valence-corrected chi connectivity index (χ0v) is 9.28. The third-order valence-corrected chi connectivity index (χ3v) is 2.72. The fourth-order valence-corrected chi connectivity index (χ4v) is 1.81. The molecule has 0 saturated heterocycles. The highest BCUT2D eigenvalue weighted by Gasteiger charge is 2.21. The van der Waals surface area contributed by atoms with Crippen molar-refractivity contribution >= 4 is 23.2 Å². The van der Waals surface area contributed by atoms with E-state index in [1.807, 2.05) is 12.1 Å². The number of nitrogens with two attached hydrogens (primary N) is 1. The van der Waals surface area contributed by atoms with Crippen LogP contribution in [0.4, 0.5) is 0 Å². The summed E-state index contributed by atoms with van der Waals surface area (Å²) in [6, 6.07) is 5.51. The molecular weight excluding hydrogens is 205 g/mol. The van der Waals surface area contributed by atoms with Gasteiger partial charge in [0.05, 0.1) is 0 Å². The van der Waals surface area contributed by atoms with Gasteiger partial charge in [-0.05, 0) is 17.7 Å². The fraction of sp³-hybridized carbons (Fsp3) is 0.400. The molecule has 0 aliphatic heterocycles. The maximum absolute atomic E-state index is 6.05. The molecule has 1 nitrogen and oxygen atoms in total. The van der Waals surface area contributed by atoms with Crippen molar-refractivity contribution in [1.29, 1.82) is 0 Å². The van der Waals surface area contributed by atoms with Gasteiger partial charge in [-0.15, -0.1) is 0 Å². The third kappa shape index (κ3) is 2.37. The van der Waals surface area contributed by atoms with Crippen LogP contribution in [0.5, 0.6) is 0 Å². The van der Waals surface area contributed by atoms with Crippen molar-refractivity contribution in [3.8, 4) is 0 Å². The van der Waals surface area contributed by atoms with Crippen LogP contribution >= 0.6 is 23.2 Å². The number of hydrogen-bond donors (Lipinski definition) is 1. The first-order valence-electron chi connectivity index (χ1n) is 4.13. The molecule has 0 saturated carbocycles. The van der Waals surface area contributed by atoms with E-state index in [-0.39, 0.29) is 5.41 Å². The molecule has 1 rings (SSSR count). The average Bonchev–Trinajstić information content (AvgIpc) is 2.03. The van der Waals surface area contributed by atoms with Crippen molar-refractivity contribution in [3.05, 3.63) is 33.8 Å². The number of halogens is 2. The Labute approximate surface area is 88.8 Å². The summed E-state index contributed by atoms with van der Waals surface area (Å²) in [5, 5.41) is 1.34. The van der Waals surface area contributed by atoms with Crippen LogP contribution < -0.4 is 5.73 Å². The van der Waals surface area contributed by atoms with Gasteiger partial charge in [0.2, 0.25) is 0 Å². The molecule has 72 valence electrons. The quantitative estimate of drug-likeness (QED) is 0.810. The molecule has 0 atom stereocenters. The van der Waals surface area contributed by atoms with Crippen LogP contribution in [-0.4, -0.2) is 6.54 Å². The molecule has 0 fully saturated rings. The highest BCUT2D eigenvalue weighted by molar-refractivity contribution is 6.35. The standard InChI is InChI=1S/C10H13Cl2N/c1-10(2,6-13)8-4-3-7(11)5-9(8)12/h3-5H,6,13H2,1-2H3. The smallest absolute Gasteiger partial charge is 0.0458 e. The molecule has 0 aromatic heterocycles. The summed E-state index contributed by atoms with van der Waals surface area (Å²) >= 11 is 11.8. The van der Waals surface area contributed by atoms with E-state index < -0.39 is 0 Å². The molecule has 0 aliphatic carbocycles. The van der Waals surface area contributed by atoms with E-state index >= 15 is 0 Å². The van der Waals surface area contributed by atoms with Crippen molar-refractivity contribution in [1.82, 2.24) is 0 Å². The zero-order valence-electron chi connectivity index (χ0n) is 7.77. The van der Waals surface area contributed by atoms with Gasteiger partial charge < -0.3 is 5.73 Å². The molecule has 0 bridgehead atoms. The minimum absolute atomic E-state index is 0.0956. The van der Waals surface area contributed by atoms with Crippen molar-refractivity contribution in [2.45, 2.75) is 19.3 Å². The first-order valence-corrected chi connectivity index (χ1v) is 4.88. The Kier molecular flexibility index (Phi) is 3.23. The summed E-state index contributed by atoms with van der Waals surface area (Å²) in [4.78, 5) is 0. The number of hydrogen-bond acceptors (Lipinski definition) is 1. The van der Waals surface area contributed by atoms with E-state index in [9.17, 15) is 0 Å². The van der Waals surface area contributed by atoms with Crippen LogP contribution in [-0.2, 0) is 5.41 Å². The molecule has 0 aliphatic rings. The van der Waals surface area contributed by atoms with Crippen LogP contribution in [0.3, 0.4) is 0 Å². The average molecular weight is 218 g/mol. The van der Waals surface area contributed by atoms with Gasteiger partial charge >= 0.3 is 0 Å². The Balaban J connectivity index is 3.16. The van der Waals surface area contributed by atoms with Gasteiger partial charge in [0.1, 0.15) is 0 Å². The second-order valence-corrected chi connectivity index (χ2v) is 4.56. The lowest BCUT2D eigenvalue weighted by molar-refractivity contribution is 0.539. The summed E-state index contributed by atoms with van der Waals surface area (Å²) in [6.45, 7) is 4.68. The van der Waals surface area contributed by atoms with Gasteiger partial charge in [-0.1, -0.05) is 43.1 Å². The molecule has 1 aromatic carbocycles. The number of benzene rings is 1. The Morgan fingerprint density at radius 3 is 2.38 bits per heavy atom. The molecule has 0 heterocycles. The van der Waals surface area contributed by atoms with Crippen molar-refractivity contribution in [2.75, 3.05) is 6.54 Å². The molecule has 13 heavy (non-hydrogen) atoms. The predicted octanol–water partition coefficient (Wildman–Crippen LogP) is 3.23. The molecule has 2 N–H and O–H groups in total. The molecule has 1 aromatic rings. The van der Waals surface area contributed by atoms with Gasteiger partial charge in [0.25, 0.3) is 0 Å². The minimum atomic E-state index is -0.0956. The van der Waals surface area contributed by atoms with Crippen LogP contribution in [0.1, 0.15) is 19.4 Å². The maximum Gasteiger partial charge on any atom is 0.0458 e. The lowest BCUT2D eigenvalue weighted by atomic mass is 9.85. The molecule has 0 spiro atoms. The first kappa shape index (κ1) is 10.8. The Hall–Kier alpha value is -0.240. The predicted molar refractivity (Wildman–Crippen MR) is 58.5 cm³/mol. The topological polar surface area (TPSA) is 26.0 Å². The van der Waals surface area contributed by atoms with Gasteiger partial charge in [0, 0.05) is 22.0 Å². The Morgan fingerprint density at radius 1 is 1.31 bits per heavy atom. The van der Waals surface area contributed by atoms with E-state index in [0.717, 1.165) is 5.56 Å². The van der Waals surface area contributed by atoms with E-state index in [4.69, 9.17) is 28.9 Å². The summed E-state index contributed by atoms with van der Waals surface area (Å²) in [6.07, 6.45) is 0. The van der Waals surface area contributed by atoms with Crippen molar-refractivity contribution < 1.29 is 0 Å². The van der Waals surface area contributed by atoms with Gasteiger partial charge in [-0.2, -0.15) is 0 Å². The molecular formula is C10H13Cl2N. The number of rotatable bonds is 2. The molecule has 0 radical (unpaired) electrons. The maximum atomic E-state index is 6.05. The molecule has 0 unspecified atom stereocenters. The highest BCUT2D eigenvalue weighted by Crippen LogP contribution is 2.30. The van der Waals surface area contributed by atoms with Gasteiger partial charge in [-0.3, -0.25) is 0 Å². The lowest BCUT2D eigenvalue weighted by Gasteiger charge is -2.24. The van der Waals surface area contributed by atoms with Crippen molar-refractivity contribution in [2.24, 2.45) is 5.73 Å². The van der Waals surface area contributed by atoms with E-state index in [1.54, 1.807) is 6.07 Å². The Bertz CT molecular complexity index is 308. The monoisotopic (exact) mass is 217 g/mol. The summed E-state index contributed by atoms with van der Waals surface area (Å²) in [5.74, 6) is 0.